The van der Waals surface area contributed by atoms with Crippen LogP contribution in [0, 0.1) is 15.9 Å². The molecule has 0 aliphatic heterocycles. The summed E-state index contributed by atoms with van der Waals surface area (Å²) in [5.41, 5.74) is 0.0295. The predicted molar refractivity (Wildman–Crippen MR) is 114 cm³/mol. The first kappa shape index (κ1) is 20.2. The van der Waals surface area contributed by atoms with Gasteiger partial charge in [-0.05, 0) is 48.0 Å². The smallest absolute Gasteiger partial charge is 0.269 e. The van der Waals surface area contributed by atoms with E-state index in [1.165, 1.54) is 66.7 Å². The number of benzene rings is 3. The summed E-state index contributed by atoms with van der Waals surface area (Å²) in [5, 5.41) is 13.9. The SMILES string of the molecule is O=C(Nc1oc2ccc(Cl)cc2c(=O)c1-c1ccc(F)cc1)c1ccc([N+](=O)[O-])cc1. The number of carbonyl (C=O) groups is 1. The third-order valence-electron chi connectivity index (χ3n) is 4.55. The van der Waals surface area contributed by atoms with Crippen molar-refractivity contribution in [2.24, 2.45) is 0 Å². The highest BCUT2D eigenvalue weighted by Crippen LogP contribution is 2.30. The molecule has 31 heavy (non-hydrogen) atoms. The van der Waals surface area contributed by atoms with Crippen LogP contribution in [0.4, 0.5) is 16.0 Å². The van der Waals surface area contributed by atoms with Gasteiger partial charge in [0, 0.05) is 22.7 Å². The topological polar surface area (TPSA) is 102 Å². The normalized spacial score (nSPS) is 10.8. The number of hydrogen-bond donors (Lipinski definition) is 1. The largest absolute Gasteiger partial charge is 0.439 e. The number of carbonyl (C=O) groups excluding carboxylic acids is 1. The number of rotatable bonds is 4. The van der Waals surface area contributed by atoms with Gasteiger partial charge in [0.1, 0.15) is 11.4 Å². The van der Waals surface area contributed by atoms with Gasteiger partial charge in [0.15, 0.2) is 0 Å². The molecule has 0 unspecified atom stereocenters. The number of nitrogens with one attached hydrogen (secondary N) is 1. The molecule has 1 heterocycles. The Morgan fingerprint density at radius 2 is 1.71 bits per heavy atom. The molecule has 9 heteroatoms. The third kappa shape index (κ3) is 4.01. The highest BCUT2D eigenvalue weighted by atomic mass is 35.5. The van der Waals surface area contributed by atoms with Crippen molar-refractivity contribution in [3.05, 3.63) is 103 Å². The molecule has 0 radical (unpaired) electrons. The van der Waals surface area contributed by atoms with Gasteiger partial charge >= 0.3 is 0 Å². The lowest BCUT2D eigenvalue weighted by Gasteiger charge is -2.12. The zero-order chi connectivity index (χ0) is 22.1. The molecule has 0 aliphatic carbocycles. The Labute approximate surface area is 178 Å². The van der Waals surface area contributed by atoms with Crippen molar-refractivity contribution < 1.29 is 18.5 Å². The minimum Gasteiger partial charge on any atom is -0.439 e. The van der Waals surface area contributed by atoms with Gasteiger partial charge in [-0.2, -0.15) is 0 Å². The quantitative estimate of drug-likeness (QED) is 0.339. The van der Waals surface area contributed by atoms with E-state index >= 15 is 0 Å². The van der Waals surface area contributed by atoms with Gasteiger partial charge in [0.25, 0.3) is 11.6 Å². The van der Waals surface area contributed by atoms with E-state index in [1.54, 1.807) is 0 Å². The van der Waals surface area contributed by atoms with Crippen molar-refractivity contribution in [2.45, 2.75) is 0 Å². The van der Waals surface area contributed by atoms with Gasteiger partial charge in [-0.25, -0.2) is 4.39 Å². The van der Waals surface area contributed by atoms with Gasteiger partial charge in [0.2, 0.25) is 11.3 Å². The number of hydrogen-bond acceptors (Lipinski definition) is 5. The number of halogens is 2. The summed E-state index contributed by atoms with van der Waals surface area (Å²) in [6.45, 7) is 0. The van der Waals surface area contributed by atoms with Crippen LogP contribution < -0.4 is 10.7 Å². The molecule has 7 nitrogen and oxygen atoms in total. The van der Waals surface area contributed by atoms with Crippen molar-refractivity contribution in [3.63, 3.8) is 0 Å². The minimum absolute atomic E-state index is 0.0185. The number of fused-ring (bicyclic) bond motifs is 1. The van der Waals surface area contributed by atoms with E-state index in [0.717, 1.165) is 0 Å². The zero-order valence-corrected chi connectivity index (χ0v) is 16.4. The predicted octanol–water partition coefficient (Wildman–Crippen LogP) is 5.41. The van der Waals surface area contributed by atoms with Gasteiger partial charge < -0.3 is 4.42 Å². The molecule has 0 saturated heterocycles. The number of non-ortho nitro benzene ring substituents is 1. The first-order valence-corrected chi connectivity index (χ1v) is 9.29. The Kier molecular flexibility index (Phi) is 5.22. The van der Waals surface area contributed by atoms with E-state index in [0.29, 0.717) is 10.6 Å². The molecule has 1 N–H and O–H groups in total. The molecule has 4 rings (SSSR count). The van der Waals surface area contributed by atoms with E-state index in [1.807, 2.05) is 0 Å². The van der Waals surface area contributed by atoms with Crippen LogP contribution in [0.2, 0.25) is 5.02 Å². The summed E-state index contributed by atoms with van der Waals surface area (Å²) in [4.78, 5) is 36.1. The van der Waals surface area contributed by atoms with Crippen LogP contribution in [-0.2, 0) is 0 Å². The van der Waals surface area contributed by atoms with Crippen LogP contribution in [0.5, 0.6) is 0 Å². The molecular formula is C22H12ClFN2O5. The first-order valence-electron chi connectivity index (χ1n) is 8.91. The van der Waals surface area contributed by atoms with Crippen molar-refractivity contribution >= 4 is 40.0 Å². The van der Waals surface area contributed by atoms with Crippen molar-refractivity contribution in [1.82, 2.24) is 0 Å². The Bertz CT molecular complexity index is 1380. The van der Waals surface area contributed by atoms with E-state index in [9.17, 15) is 24.1 Å². The molecule has 0 atom stereocenters. The monoisotopic (exact) mass is 438 g/mol. The molecular weight excluding hydrogens is 427 g/mol. The number of anilines is 1. The lowest BCUT2D eigenvalue weighted by molar-refractivity contribution is -0.384. The van der Waals surface area contributed by atoms with Gasteiger partial charge in [0.05, 0.1) is 15.9 Å². The van der Waals surface area contributed by atoms with Crippen LogP contribution >= 0.6 is 11.6 Å². The lowest BCUT2D eigenvalue weighted by Crippen LogP contribution is -2.16. The Morgan fingerprint density at radius 3 is 2.35 bits per heavy atom. The van der Waals surface area contributed by atoms with Crippen LogP contribution in [0.3, 0.4) is 0 Å². The number of nitro benzene ring substituents is 1. The summed E-state index contributed by atoms with van der Waals surface area (Å²) in [7, 11) is 0. The highest BCUT2D eigenvalue weighted by Gasteiger charge is 2.20. The maximum atomic E-state index is 13.4. The molecule has 0 spiro atoms. The second kappa shape index (κ2) is 8.00. The summed E-state index contributed by atoms with van der Waals surface area (Å²) < 4.78 is 19.2. The maximum absolute atomic E-state index is 13.4. The zero-order valence-electron chi connectivity index (χ0n) is 15.6. The average molecular weight is 439 g/mol. The average Bonchev–Trinajstić information content (AvgIpc) is 2.75. The molecule has 0 aliphatic rings. The maximum Gasteiger partial charge on any atom is 0.269 e. The molecule has 1 aromatic heterocycles. The van der Waals surface area contributed by atoms with Crippen molar-refractivity contribution in [1.29, 1.82) is 0 Å². The molecule has 3 aromatic carbocycles. The van der Waals surface area contributed by atoms with Crippen LogP contribution in [0.25, 0.3) is 22.1 Å². The number of nitrogens with zero attached hydrogens (tertiary/aromatic N) is 1. The molecule has 1 amide bonds. The van der Waals surface area contributed by atoms with Gasteiger partial charge in [-0.1, -0.05) is 23.7 Å². The van der Waals surface area contributed by atoms with Crippen LogP contribution in [0.15, 0.2) is 75.9 Å². The fourth-order valence-electron chi connectivity index (χ4n) is 3.04. The molecule has 154 valence electrons. The van der Waals surface area contributed by atoms with Crippen LogP contribution in [0.1, 0.15) is 10.4 Å². The number of nitro groups is 1. The Hall–Kier alpha value is -4.04. The Balaban J connectivity index is 1.83. The highest BCUT2D eigenvalue weighted by molar-refractivity contribution is 6.31. The summed E-state index contributed by atoms with van der Waals surface area (Å²) in [6.07, 6.45) is 0. The minimum atomic E-state index is -0.644. The van der Waals surface area contributed by atoms with E-state index in [2.05, 4.69) is 5.32 Å². The van der Waals surface area contributed by atoms with E-state index in [-0.39, 0.29) is 33.7 Å². The van der Waals surface area contributed by atoms with Crippen molar-refractivity contribution in [3.8, 4) is 11.1 Å². The summed E-state index contributed by atoms with van der Waals surface area (Å²) >= 11 is 6.00. The summed E-state index contributed by atoms with van der Waals surface area (Å²) in [6, 6.07) is 14.5. The first-order chi connectivity index (χ1) is 14.8. The molecule has 4 aromatic rings. The van der Waals surface area contributed by atoms with E-state index < -0.39 is 22.1 Å². The summed E-state index contributed by atoms with van der Waals surface area (Å²) in [5.74, 6) is -1.28. The Morgan fingerprint density at radius 1 is 1.03 bits per heavy atom. The molecule has 0 bridgehead atoms. The third-order valence-corrected chi connectivity index (χ3v) is 4.79. The lowest BCUT2D eigenvalue weighted by atomic mass is 10.0. The molecule has 0 fully saturated rings. The van der Waals surface area contributed by atoms with Gasteiger partial charge in [-0.3, -0.25) is 25.0 Å². The fraction of sp³-hybridized carbons (Fsp3) is 0. The second-order valence-corrected chi connectivity index (χ2v) is 6.98. The van der Waals surface area contributed by atoms with Crippen LogP contribution in [-0.4, -0.2) is 10.8 Å². The molecule has 0 saturated carbocycles. The fourth-order valence-corrected chi connectivity index (χ4v) is 3.22. The second-order valence-electron chi connectivity index (χ2n) is 6.54. The number of amides is 1. The van der Waals surface area contributed by atoms with E-state index in [4.69, 9.17) is 16.0 Å². The van der Waals surface area contributed by atoms with Gasteiger partial charge in [-0.15, -0.1) is 0 Å². The standard InChI is InChI=1S/C22H12ClFN2O5/c23-14-5-10-18-17(11-14)20(27)19(12-1-6-15(24)7-2-12)22(31-18)25-21(28)13-3-8-16(9-4-13)26(29)30/h1-11H,(H,25,28). The van der Waals surface area contributed by atoms with Crippen molar-refractivity contribution in [2.75, 3.05) is 5.32 Å².